The van der Waals surface area contributed by atoms with E-state index in [0.29, 0.717) is 6.54 Å². The predicted molar refractivity (Wildman–Crippen MR) is 66.2 cm³/mol. The van der Waals surface area contributed by atoms with Crippen LogP contribution in [0.4, 0.5) is 4.39 Å². The van der Waals surface area contributed by atoms with Crippen molar-refractivity contribution < 1.29 is 9.50 Å². The molecule has 1 unspecified atom stereocenters. The van der Waals surface area contributed by atoms with Gasteiger partial charge in [-0.2, -0.15) is 5.26 Å². The third kappa shape index (κ3) is 2.87. The smallest absolute Gasteiger partial charge is 0.140 e. The molecule has 1 aromatic carbocycles. The Bertz CT molecular complexity index is 456. The molecule has 2 rings (SSSR count). The fourth-order valence-electron chi connectivity index (χ4n) is 2.47. The van der Waals surface area contributed by atoms with Crippen LogP contribution in [0.15, 0.2) is 18.2 Å². The van der Waals surface area contributed by atoms with E-state index in [1.54, 1.807) is 12.1 Å². The molecule has 1 N–H and O–H groups in total. The third-order valence-corrected chi connectivity index (χ3v) is 3.50. The number of aliphatic hydroxyl groups excluding tert-OH is 1. The number of nitrogens with zero attached hydrogens (tertiary/aromatic N) is 2. The van der Waals surface area contributed by atoms with Crippen LogP contribution in [0.3, 0.4) is 0 Å². The van der Waals surface area contributed by atoms with E-state index in [4.69, 9.17) is 5.26 Å². The van der Waals surface area contributed by atoms with Crippen LogP contribution in [0, 0.1) is 17.1 Å². The van der Waals surface area contributed by atoms with E-state index in [1.165, 1.54) is 6.07 Å². The van der Waals surface area contributed by atoms with E-state index in [9.17, 15) is 9.50 Å². The molecule has 18 heavy (non-hydrogen) atoms. The molecule has 4 heteroatoms. The summed E-state index contributed by atoms with van der Waals surface area (Å²) in [5.74, 6) is -0.474. The average Bonchev–Trinajstić information content (AvgIpc) is 2.41. The summed E-state index contributed by atoms with van der Waals surface area (Å²) in [5, 5.41) is 18.1. The third-order valence-electron chi connectivity index (χ3n) is 3.50. The van der Waals surface area contributed by atoms with E-state index in [0.717, 1.165) is 31.4 Å². The van der Waals surface area contributed by atoms with Crippen LogP contribution in [-0.2, 0) is 6.54 Å². The largest absolute Gasteiger partial charge is 0.395 e. The van der Waals surface area contributed by atoms with Crippen LogP contribution >= 0.6 is 0 Å². The number of nitriles is 1. The molecule has 1 fully saturated rings. The van der Waals surface area contributed by atoms with Crippen molar-refractivity contribution >= 4 is 0 Å². The second-order valence-electron chi connectivity index (χ2n) is 4.73. The minimum Gasteiger partial charge on any atom is -0.395 e. The normalized spacial score (nSPS) is 20.6. The zero-order valence-corrected chi connectivity index (χ0v) is 10.3. The van der Waals surface area contributed by atoms with Gasteiger partial charge in [-0.3, -0.25) is 4.90 Å². The standard InChI is InChI=1S/C14H17FN2O/c15-14-5-4-11(7-12(14)8-16)9-17-6-2-1-3-13(17)10-18/h4-5,7,13,18H,1-3,6,9-10H2. The van der Waals surface area contributed by atoms with Crippen molar-refractivity contribution in [2.75, 3.05) is 13.2 Å². The first kappa shape index (κ1) is 13.0. The molecular weight excluding hydrogens is 231 g/mol. The topological polar surface area (TPSA) is 47.3 Å². The summed E-state index contributed by atoms with van der Waals surface area (Å²) < 4.78 is 13.2. The highest BCUT2D eigenvalue weighted by Crippen LogP contribution is 2.20. The van der Waals surface area contributed by atoms with Gasteiger partial charge >= 0.3 is 0 Å². The average molecular weight is 248 g/mol. The number of rotatable bonds is 3. The summed E-state index contributed by atoms with van der Waals surface area (Å²) in [6.45, 7) is 1.77. The number of benzene rings is 1. The lowest BCUT2D eigenvalue weighted by atomic mass is 10.0. The summed E-state index contributed by atoms with van der Waals surface area (Å²) in [7, 11) is 0. The highest BCUT2D eigenvalue weighted by Gasteiger charge is 2.21. The van der Waals surface area contributed by atoms with Gasteiger partial charge in [-0.1, -0.05) is 12.5 Å². The Morgan fingerprint density at radius 2 is 2.28 bits per heavy atom. The first-order chi connectivity index (χ1) is 8.74. The van der Waals surface area contributed by atoms with Crippen LogP contribution < -0.4 is 0 Å². The van der Waals surface area contributed by atoms with Gasteiger partial charge in [-0.05, 0) is 37.1 Å². The number of aliphatic hydroxyl groups is 1. The minimum absolute atomic E-state index is 0.0880. The van der Waals surface area contributed by atoms with Crippen LogP contribution in [0.1, 0.15) is 30.4 Å². The molecule has 1 aliphatic heterocycles. The molecule has 1 aliphatic rings. The summed E-state index contributed by atoms with van der Waals surface area (Å²) in [6.07, 6.45) is 3.28. The van der Waals surface area contributed by atoms with Crippen LogP contribution in [-0.4, -0.2) is 29.2 Å². The van der Waals surface area contributed by atoms with Gasteiger partial charge in [0.15, 0.2) is 0 Å². The Morgan fingerprint density at radius 1 is 1.44 bits per heavy atom. The Kier molecular flexibility index (Phi) is 4.29. The monoisotopic (exact) mass is 248 g/mol. The molecule has 1 saturated heterocycles. The van der Waals surface area contributed by atoms with Gasteiger partial charge in [0.25, 0.3) is 0 Å². The lowest BCUT2D eigenvalue weighted by Crippen LogP contribution is -2.41. The van der Waals surface area contributed by atoms with E-state index in [2.05, 4.69) is 4.90 Å². The quantitative estimate of drug-likeness (QED) is 0.890. The first-order valence-corrected chi connectivity index (χ1v) is 6.28. The summed E-state index contributed by atoms with van der Waals surface area (Å²) in [5.41, 5.74) is 1.01. The van der Waals surface area contributed by atoms with Gasteiger partial charge in [0, 0.05) is 12.6 Å². The molecule has 3 nitrogen and oxygen atoms in total. The fourth-order valence-corrected chi connectivity index (χ4v) is 2.47. The second kappa shape index (κ2) is 5.94. The maximum Gasteiger partial charge on any atom is 0.140 e. The molecule has 0 bridgehead atoms. The van der Waals surface area contributed by atoms with Gasteiger partial charge < -0.3 is 5.11 Å². The van der Waals surface area contributed by atoms with Crippen molar-refractivity contribution in [3.05, 3.63) is 35.1 Å². The molecule has 0 aliphatic carbocycles. The van der Waals surface area contributed by atoms with Crippen LogP contribution in [0.5, 0.6) is 0 Å². The van der Waals surface area contributed by atoms with Crippen molar-refractivity contribution in [1.29, 1.82) is 5.26 Å². The highest BCUT2D eigenvalue weighted by atomic mass is 19.1. The lowest BCUT2D eigenvalue weighted by molar-refractivity contribution is 0.0841. The second-order valence-corrected chi connectivity index (χ2v) is 4.73. The molecule has 1 aromatic rings. The van der Waals surface area contributed by atoms with Crippen molar-refractivity contribution in [3.63, 3.8) is 0 Å². The predicted octanol–water partition coefficient (Wildman–Crippen LogP) is 2.04. The van der Waals surface area contributed by atoms with Gasteiger partial charge in [0.05, 0.1) is 12.2 Å². The Balaban J connectivity index is 2.11. The molecule has 0 radical (unpaired) electrons. The van der Waals surface area contributed by atoms with Crippen molar-refractivity contribution in [2.45, 2.75) is 31.8 Å². The molecule has 96 valence electrons. The lowest BCUT2D eigenvalue weighted by Gasteiger charge is -2.34. The molecular formula is C14H17FN2O. The van der Waals surface area contributed by atoms with Gasteiger partial charge in [-0.15, -0.1) is 0 Å². The van der Waals surface area contributed by atoms with E-state index >= 15 is 0 Å². The number of likely N-dealkylation sites (tertiary alicyclic amines) is 1. The maximum atomic E-state index is 13.2. The molecule has 0 amide bonds. The number of piperidine rings is 1. The zero-order chi connectivity index (χ0) is 13.0. The molecule has 0 saturated carbocycles. The molecule has 1 atom stereocenters. The molecule has 0 aromatic heterocycles. The first-order valence-electron chi connectivity index (χ1n) is 6.28. The molecule has 0 spiro atoms. The highest BCUT2D eigenvalue weighted by molar-refractivity contribution is 5.34. The Morgan fingerprint density at radius 3 is 3.00 bits per heavy atom. The van der Waals surface area contributed by atoms with E-state index < -0.39 is 5.82 Å². The van der Waals surface area contributed by atoms with Crippen molar-refractivity contribution in [3.8, 4) is 6.07 Å². The summed E-state index contributed by atoms with van der Waals surface area (Å²) in [4.78, 5) is 2.21. The van der Waals surface area contributed by atoms with E-state index in [-0.39, 0.29) is 18.2 Å². The van der Waals surface area contributed by atoms with Crippen molar-refractivity contribution in [2.24, 2.45) is 0 Å². The maximum absolute atomic E-state index is 13.2. The van der Waals surface area contributed by atoms with Crippen molar-refractivity contribution in [1.82, 2.24) is 4.90 Å². The summed E-state index contributed by atoms with van der Waals surface area (Å²) >= 11 is 0. The number of halogens is 1. The van der Waals surface area contributed by atoms with Crippen LogP contribution in [0.25, 0.3) is 0 Å². The number of hydrogen-bond donors (Lipinski definition) is 1. The SMILES string of the molecule is N#Cc1cc(CN2CCCCC2CO)ccc1F. The summed E-state index contributed by atoms with van der Waals surface area (Å²) in [6, 6.07) is 6.69. The zero-order valence-electron chi connectivity index (χ0n) is 10.3. The van der Waals surface area contributed by atoms with Crippen LogP contribution in [0.2, 0.25) is 0 Å². The Labute approximate surface area is 106 Å². The van der Waals surface area contributed by atoms with Gasteiger partial charge in [0.2, 0.25) is 0 Å². The molecule has 1 heterocycles. The van der Waals surface area contributed by atoms with E-state index in [1.807, 2.05) is 6.07 Å². The fraction of sp³-hybridized carbons (Fsp3) is 0.500. The minimum atomic E-state index is -0.474. The van der Waals surface area contributed by atoms with Gasteiger partial charge in [0.1, 0.15) is 11.9 Å². The Hall–Kier alpha value is -1.44. The number of hydrogen-bond acceptors (Lipinski definition) is 3. The van der Waals surface area contributed by atoms with Gasteiger partial charge in [-0.25, -0.2) is 4.39 Å².